The van der Waals surface area contributed by atoms with E-state index in [0.29, 0.717) is 64.0 Å². The molecular weight excluding hydrogens is 821 g/mol. The summed E-state index contributed by atoms with van der Waals surface area (Å²) in [6.07, 6.45) is 0.0545. The van der Waals surface area contributed by atoms with E-state index >= 15 is 0 Å². The molecule has 3 atom stereocenters. The molecule has 0 saturated carbocycles. The molecule has 8 rings (SSSR count). The highest BCUT2D eigenvalue weighted by atomic mass is 35.5. The zero-order valence-electron chi connectivity index (χ0n) is 32.1. The van der Waals surface area contributed by atoms with Gasteiger partial charge in [0, 0.05) is 24.5 Å². The number of amides is 1. The summed E-state index contributed by atoms with van der Waals surface area (Å²) in [5.74, 6) is 0.346. The third-order valence-electron chi connectivity index (χ3n) is 10.8. The molecule has 9 nitrogen and oxygen atoms in total. The molecule has 2 heterocycles. The van der Waals surface area contributed by atoms with Crippen LogP contribution < -0.4 is 19.5 Å². The van der Waals surface area contributed by atoms with E-state index in [-0.39, 0.29) is 19.1 Å². The first-order valence-corrected chi connectivity index (χ1v) is 20.5. The zero-order valence-corrected chi connectivity index (χ0v) is 34.4. The van der Waals surface area contributed by atoms with Gasteiger partial charge in [-0.05, 0) is 106 Å². The maximum Gasteiger partial charge on any atom is 0.326 e. The van der Waals surface area contributed by atoms with Gasteiger partial charge in [0.05, 0.1) is 27.7 Å². The second-order valence-electron chi connectivity index (χ2n) is 14.8. The number of nitrogens with zero attached hydrogens (tertiary/aromatic N) is 2. The Balaban J connectivity index is 0.968. The number of aliphatic carboxylic acids is 1. The maximum absolute atomic E-state index is 14.2. The SMILES string of the molecule is N#Cc1ccc(-c2ccc(C[C@H](NC(=O)[C@@H]3Cc4cc5c(cc4CN3Cc3ccccc3Cl)OC(c3ccc(OCc4ccc(Cl)c(Cl)c4)cc3)CO5)C(=O)O)cc2)cc1. The number of benzene rings is 6. The number of fused-ring (bicyclic) bond motifs is 2. The van der Waals surface area contributed by atoms with Gasteiger partial charge >= 0.3 is 5.97 Å². The third kappa shape index (κ3) is 9.38. The normalized spacial score (nSPS) is 16.2. The summed E-state index contributed by atoms with van der Waals surface area (Å²) >= 11 is 18.8. The Hall–Kier alpha value is -6.02. The van der Waals surface area contributed by atoms with Crippen LogP contribution in [0.25, 0.3) is 11.1 Å². The van der Waals surface area contributed by atoms with Crippen LogP contribution in [-0.4, -0.2) is 40.6 Å². The summed E-state index contributed by atoms with van der Waals surface area (Å²) in [5.41, 5.74) is 7.76. The molecule has 2 aliphatic rings. The van der Waals surface area contributed by atoms with Crippen LogP contribution >= 0.6 is 34.8 Å². The molecule has 1 unspecified atom stereocenters. The van der Waals surface area contributed by atoms with Crippen molar-refractivity contribution in [2.24, 2.45) is 0 Å². The number of halogens is 3. The van der Waals surface area contributed by atoms with E-state index in [1.54, 1.807) is 24.3 Å². The fraction of sp³-hybridized carbons (Fsp3) is 0.188. The molecule has 0 fully saturated rings. The molecule has 2 N–H and O–H groups in total. The van der Waals surface area contributed by atoms with Gasteiger partial charge in [-0.2, -0.15) is 5.26 Å². The number of nitrogens with one attached hydrogen (secondary N) is 1. The number of carboxylic acids is 1. The minimum Gasteiger partial charge on any atom is -0.489 e. The fourth-order valence-electron chi connectivity index (χ4n) is 7.49. The highest BCUT2D eigenvalue weighted by molar-refractivity contribution is 6.42. The summed E-state index contributed by atoms with van der Waals surface area (Å²) < 4.78 is 18.7. The van der Waals surface area contributed by atoms with Gasteiger partial charge in [0.2, 0.25) is 5.91 Å². The molecule has 302 valence electrons. The quantitative estimate of drug-likeness (QED) is 0.125. The number of nitriles is 1. The van der Waals surface area contributed by atoms with Gasteiger partial charge in [-0.15, -0.1) is 0 Å². The van der Waals surface area contributed by atoms with Crippen molar-refractivity contribution in [2.45, 2.75) is 50.7 Å². The summed E-state index contributed by atoms with van der Waals surface area (Å²) in [4.78, 5) is 28.8. The molecule has 2 aliphatic heterocycles. The van der Waals surface area contributed by atoms with Gasteiger partial charge in [-0.25, -0.2) is 4.79 Å². The van der Waals surface area contributed by atoms with E-state index in [0.717, 1.165) is 44.5 Å². The van der Waals surface area contributed by atoms with E-state index in [9.17, 15) is 14.7 Å². The second-order valence-corrected chi connectivity index (χ2v) is 16.0. The average molecular weight is 859 g/mol. The molecule has 60 heavy (non-hydrogen) atoms. The largest absolute Gasteiger partial charge is 0.489 e. The van der Waals surface area contributed by atoms with Crippen molar-refractivity contribution in [2.75, 3.05) is 6.61 Å². The van der Waals surface area contributed by atoms with Crippen molar-refractivity contribution in [1.29, 1.82) is 5.26 Å². The summed E-state index contributed by atoms with van der Waals surface area (Å²) in [6, 6.07) is 39.5. The Kier molecular flexibility index (Phi) is 12.3. The van der Waals surface area contributed by atoms with Gasteiger partial charge in [-0.3, -0.25) is 9.69 Å². The van der Waals surface area contributed by atoms with Crippen LogP contribution in [0.4, 0.5) is 0 Å². The van der Waals surface area contributed by atoms with Gasteiger partial charge in [-0.1, -0.05) is 108 Å². The maximum atomic E-state index is 14.2. The second kappa shape index (κ2) is 18.1. The van der Waals surface area contributed by atoms with Crippen LogP contribution in [-0.2, 0) is 42.1 Å². The van der Waals surface area contributed by atoms with Crippen LogP contribution in [0.3, 0.4) is 0 Å². The lowest BCUT2D eigenvalue weighted by Gasteiger charge is -2.38. The van der Waals surface area contributed by atoms with E-state index in [1.165, 1.54) is 0 Å². The van der Waals surface area contributed by atoms with Crippen molar-refractivity contribution < 1.29 is 28.9 Å². The molecule has 1 amide bonds. The third-order valence-corrected chi connectivity index (χ3v) is 11.9. The van der Waals surface area contributed by atoms with Gasteiger partial charge in [0.15, 0.2) is 17.6 Å². The van der Waals surface area contributed by atoms with Crippen molar-refractivity contribution in [3.05, 3.63) is 181 Å². The summed E-state index contributed by atoms with van der Waals surface area (Å²) in [6.45, 7) is 1.37. The van der Waals surface area contributed by atoms with Crippen LogP contribution in [0.2, 0.25) is 15.1 Å². The predicted molar refractivity (Wildman–Crippen MR) is 231 cm³/mol. The van der Waals surface area contributed by atoms with E-state index in [1.807, 2.05) is 108 Å². The van der Waals surface area contributed by atoms with Crippen molar-refractivity contribution in [3.63, 3.8) is 0 Å². The fourth-order valence-corrected chi connectivity index (χ4v) is 8.00. The van der Waals surface area contributed by atoms with E-state index < -0.39 is 24.0 Å². The molecule has 0 aromatic heterocycles. The monoisotopic (exact) mass is 857 g/mol. The molecule has 0 spiro atoms. The average Bonchev–Trinajstić information content (AvgIpc) is 3.26. The van der Waals surface area contributed by atoms with E-state index in [4.69, 9.17) is 54.3 Å². The topological polar surface area (TPSA) is 121 Å². The number of hydrogen-bond acceptors (Lipinski definition) is 7. The van der Waals surface area contributed by atoms with Crippen molar-refractivity contribution >= 4 is 46.7 Å². The summed E-state index contributed by atoms with van der Waals surface area (Å²) in [5, 5.41) is 23.8. The molecule has 0 bridgehead atoms. The molecule has 6 aromatic rings. The number of carbonyl (C=O) groups excluding carboxylic acids is 1. The first-order chi connectivity index (χ1) is 29.1. The standard InChI is InChI=1S/C48H38Cl3N3O6/c49-39-4-2-1-3-35(39)25-54-26-37-23-45-44(59-28-46(60-45)34-14-16-38(17-15-34)58-27-31-9-18-40(50)41(51)19-31)22-36(37)21-43(54)47(55)53-42(48(56)57)20-29-5-10-32(11-6-29)33-12-7-30(24-52)8-13-33/h1-19,22-23,42-43,46H,20-21,25-28H2,(H,53,55)(H,56,57)/t42-,43-,46?/m0/s1. The Morgan fingerprint density at radius 3 is 2.22 bits per heavy atom. The Morgan fingerprint density at radius 2 is 1.52 bits per heavy atom. The number of ether oxygens (including phenoxy) is 3. The van der Waals surface area contributed by atoms with Crippen LogP contribution in [0, 0.1) is 11.3 Å². The number of carboxylic acid groups (broad SMARTS) is 1. The molecule has 0 saturated heterocycles. The smallest absolute Gasteiger partial charge is 0.326 e. The van der Waals surface area contributed by atoms with Gasteiger partial charge < -0.3 is 24.6 Å². The predicted octanol–water partition coefficient (Wildman–Crippen LogP) is 10.0. The molecular formula is C48H38Cl3N3O6. The van der Waals surface area contributed by atoms with E-state index in [2.05, 4.69) is 11.4 Å². The number of rotatable bonds is 12. The highest BCUT2D eigenvalue weighted by Crippen LogP contribution is 2.41. The Labute approximate surface area is 362 Å². The molecule has 6 aromatic carbocycles. The lowest BCUT2D eigenvalue weighted by atomic mass is 9.91. The van der Waals surface area contributed by atoms with Crippen molar-refractivity contribution in [1.82, 2.24) is 10.2 Å². The minimum absolute atomic E-state index is 0.0941. The summed E-state index contributed by atoms with van der Waals surface area (Å²) in [7, 11) is 0. The Morgan fingerprint density at radius 1 is 0.817 bits per heavy atom. The Bertz CT molecular complexity index is 2580. The zero-order chi connectivity index (χ0) is 41.8. The number of hydrogen-bond donors (Lipinski definition) is 2. The highest BCUT2D eigenvalue weighted by Gasteiger charge is 2.36. The molecule has 0 radical (unpaired) electrons. The van der Waals surface area contributed by atoms with Crippen LogP contribution in [0.15, 0.2) is 127 Å². The van der Waals surface area contributed by atoms with Crippen LogP contribution in [0.5, 0.6) is 17.2 Å². The lowest BCUT2D eigenvalue weighted by Crippen LogP contribution is -2.54. The number of carbonyl (C=O) groups is 2. The molecule has 12 heteroatoms. The van der Waals surface area contributed by atoms with Gasteiger partial charge in [0.1, 0.15) is 25.0 Å². The van der Waals surface area contributed by atoms with Crippen LogP contribution in [0.1, 0.15) is 45.0 Å². The lowest BCUT2D eigenvalue weighted by molar-refractivity contribution is -0.142. The first-order valence-electron chi connectivity index (χ1n) is 19.3. The van der Waals surface area contributed by atoms with Gasteiger partial charge in [0.25, 0.3) is 0 Å². The molecule has 0 aliphatic carbocycles. The first kappa shape index (κ1) is 40.7. The minimum atomic E-state index is -1.16. The van der Waals surface area contributed by atoms with Crippen molar-refractivity contribution in [3.8, 4) is 34.4 Å².